The zero-order valence-electron chi connectivity index (χ0n) is 16.8. The fraction of sp³-hybridized carbons (Fsp3) is 0.273. The van der Waals surface area contributed by atoms with Gasteiger partial charge in [-0.25, -0.2) is 9.58 Å². The van der Waals surface area contributed by atoms with Crippen LogP contribution in [0, 0.1) is 0 Å². The van der Waals surface area contributed by atoms with Gasteiger partial charge >= 0.3 is 0 Å². The lowest BCUT2D eigenvalue weighted by atomic mass is 9.93. The Morgan fingerprint density at radius 2 is 1.65 bits per heavy atom. The van der Waals surface area contributed by atoms with E-state index < -0.39 is 0 Å². The molecule has 3 aromatic rings. The summed E-state index contributed by atoms with van der Waals surface area (Å²) in [4.78, 5) is 30.0. The second kappa shape index (κ2) is 7.70. The molecule has 1 N–H and O–H groups in total. The molecule has 5 rings (SSSR count). The number of amides is 2. The summed E-state index contributed by atoms with van der Waals surface area (Å²) in [7, 11) is 1.63. The van der Waals surface area contributed by atoms with Crippen molar-refractivity contribution in [2.24, 2.45) is 0 Å². The van der Waals surface area contributed by atoms with Gasteiger partial charge in [-0.1, -0.05) is 35.9 Å². The summed E-state index contributed by atoms with van der Waals surface area (Å²) in [5.41, 5.74) is 2.09. The Labute approximate surface area is 183 Å². The molecule has 0 radical (unpaired) electrons. The van der Waals surface area contributed by atoms with E-state index in [1.807, 2.05) is 48.5 Å². The molecule has 1 saturated heterocycles. The number of carbonyl (C=O) groups is 2. The highest BCUT2D eigenvalue weighted by atomic mass is 35.5. The molecule has 8 nitrogen and oxygen atoms in total. The van der Waals surface area contributed by atoms with Crippen LogP contribution in [0.2, 0.25) is 5.02 Å². The van der Waals surface area contributed by atoms with Gasteiger partial charge in [-0.05, 0) is 41.8 Å². The highest BCUT2D eigenvalue weighted by Crippen LogP contribution is 2.39. The Balaban J connectivity index is 1.56. The number of methoxy groups -OCH3 is 1. The Morgan fingerprint density at radius 3 is 2.29 bits per heavy atom. The summed E-state index contributed by atoms with van der Waals surface area (Å²) in [6.07, 6.45) is 1.07. The van der Waals surface area contributed by atoms with Crippen LogP contribution in [0.5, 0.6) is 5.75 Å². The third-order valence-corrected chi connectivity index (χ3v) is 5.95. The highest BCUT2D eigenvalue weighted by molar-refractivity contribution is 6.30. The van der Waals surface area contributed by atoms with Gasteiger partial charge in [0.05, 0.1) is 19.2 Å². The average molecular weight is 438 g/mol. The predicted octanol–water partition coefficient (Wildman–Crippen LogP) is 3.74. The molecule has 158 valence electrons. The average Bonchev–Trinajstić information content (AvgIpc) is 3.35. The number of halogens is 1. The maximum absolute atomic E-state index is 12.2. The minimum absolute atomic E-state index is 0.0427. The smallest absolute Gasteiger partial charge is 0.260 e. The summed E-state index contributed by atoms with van der Waals surface area (Å²) in [5, 5.41) is 8.62. The summed E-state index contributed by atoms with van der Waals surface area (Å²) in [6, 6.07) is 15.3. The van der Waals surface area contributed by atoms with Gasteiger partial charge < -0.3 is 10.1 Å². The first-order valence-electron chi connectivity index (χ1n) is 10.0. The van der Waals surface area contributed by atoms with Crippen molar-refractivity contribution in [3.05, 3.63) is 64.7 Å². The number of ether oxygens (including phenoxy) is 1. The number of fused-ring (bicyclic) bond motifs is 1. The summed E-state index contributed by atoms with van der Waals surface area (Å²) < 4.78 is 7.03. The van der Waals surface area contributed by atoms with E-state index in [1.165, 1.54) is 0 Å². The summed E-state index contributed by atoms with van der Waals surface area (Å²) >= 11 is 6.06. The van der Waals surface area contributed by atoms with E-state index in [0.717, 1.165) is 21.8 Å². The van der Waals surface area contributed by atoms with Crippen LogP contribution in [-0.4, -0.2) is 33.7 Å². The lowest BCUT2D eigenvalue weighted by Gasteiger charge is -2.31. The minimum atomic E-state index is -0.275. The number of carbonyl (C=O) groups excluding carboxylic acids is 2. The van der Waals surface area contributed by atoms with Crippen LogP contribution in [0.4, 0.5) is 11.9 Å². The van der Waals surface area contributed by atoms with Gasteiger partial charge in [-0.15, -0.1) is 5.10 Å². The molecular formula is C22H20ClN5O3. The van der Waals surface area contributed by atoms with Crippen molar-refractivity contribution in [3.63, 3.8) is 0 Å². The number of benzene rings is 2. The predicted molar refractivity (Wildman–Crippen MR) is 115 cm³/mol. The molecule has 1 fully saturated rings. The Bertz CT molecular complexity index is 1130. The first-order valence-corrected chi connectivity index (χ1v) is 10.4. The Kier molecular flexibility index (Phi) is 4.86. The molecule has 2 amide bonds. The number of nitrogens with one attached hydrogen (secondary N) is 1. The lowest BCUT2D eigenvalue weighted by molar-refractivity contribution is -0.121. The second-order valence-corrected chi connectivity index (χ2v) is 8.01. The monoisotopic (exact) mass is 437 g/mol. The molecule has 1 aromatic heterocycles. The maximum Gasteiger partial charge on any atom is 0.260 e. The fourth-order valence-corrected chi connectivity index (χ4v) is 4.20. The van der Waals surface area contributed by atoms with Gasteiger partial charge in [-0.2, -0.15) is 4.98 Å². The summed E-state index contributed by atoms with van der Waals surface area (Å²) in [6.45, 7) is 0. The molecule has 2 aliphatic rings. The van der Waals surface area contributed by atoms with Crippen molar-refractivity contribution in [1.82, 2.24) is 14.8 Å². The first kappa shape index (κ1) is 19.6. The number of rotatable bonds is 4. The third-order valence-electron chi connectivity index (χ3n) is 5.70. The molecule has 2 aliphatic heterocycles. The number of imide groups is 1. The largest absolute Gasteiger partial charge is 0.497 e. The quantitative estimate of drug-likeness (QED) is 0.625. The van der Waals surface area contributed by atoms with Crippen molar-refractivity contribution in [2.45, 2.75) is 31.3 Å². The van der Waals surface area contributed by atoms with E-state index in [1.54, 1.807) is 11.8 Å². The maximum atomic E-state index is 12.2. The fourth-order valence-electron chi connectivity index (χ4n) is 4.08. The molecule has 0 unspecified atom stereocenters. The van der Waals surface area contributed by atoms with Crippen LogP contribution < -0.4 is 15.0 Å². The molecule has 3 heterocycles. The Morgan fingerprint density at radius 1 is 1.00 bits per heavy atom. The van der Waals surface area contributed by atoms with Crippen molar-refractivity contribution < 1.29 is 14.3 Å². The van der Waals surface area contributed by atoms with Gasteiger partial charge in [0.15, 0.2) is 0 Å². The van der Waals surface area contributed by atoms with Crippen LogP contribution >= 0.6 is 11.6 Å². The van der Waals surface area contributed by atoms with Crippen LogP contribution in [0.15, 0.2) is 48.5 Å². The van der Waals surface area contributed by atoms with Gasteiger partial charge in [0.2, 0.25) is 17.8 Å². The minimum Gasteiger partial charge on any atom is -0.497 e. The van der Waals surface area contributed by atoms with Crippen LogP contribution in [-0.2, 0) is 9.59 Å². The van der Waals surface area contributed by atoms with Crippen molar-refractivity contribution in [3.8, 4) is 5.75 Å². The third kappa shape index (κ3) is 3.53. The lowest BCUT2D eigenvalue weighted by Crippen LogP contribution is -2.30. The SMILES string of the molecule is COc1ccc([C@H]2C[C@@H](c3ccc(Cl)cc3)Nc3nc(N4C(=O)CCC4=O)nn32)cc1. The molecule has 2 atom stereocenters. The topological polar surface area (TPSA) is 89.3 Å². The first-order chi connectivity index (χ1) is 15.0. The van der Waals surface area contributed by atoms with E-state index in [0.29, 0.717) is 17.4 Å². The molecule has 2 aromatic carbocycles. The Hall–Kier alpha value is -3.39. The number of aromatic nitrogens is 3. The molecule has 0 aliphatic carbocycles. The zero-order valence-corrected chi connectivity index (χ0v) is 17.5. The molecule has 9 heteroatoms. The van der Waals surface area contributed by atoms with Crippen LogP contribution in [0.25, 0.3) is 0 Å². The zero-order chi connectivity index (χ0) is 21.5. The van der Waals surface area contributed by atoms with E-state index in [4.69, 9.17) is 16.3 Å². The van der Waals surface area contributed by atoms with E-state index in [2.05, 4.69) is 15.4 Å². The van der Waals surface area contributed by atoms with Crippen molar-refractivity contribution >= 4 is 35.3 Å². The van der Waals surface area contributed by atoms with E-state index in [-0.39, 0.29) is 42.7 Å². The molecular weight excluding hydrogens is 418 g/mol. The number of nitrogens with zero attached hydrogens (tertiary/aromatic N) is 4. The molecule has 0 bridgehead atoms. The number of hydrogen-bond donors (Lipinski definition) is 1. The van der Waals surface area contributed by atoms with Gasteiger partial charge in [0, 0.05) is 17.9 Å². The number of hydrogen-bond acceptors (Lipinski definition) is 6. The standard InChI is InChI=1S/C22H20ClN5O3/c1-31-16-8-4-14(5-9-16)18-12-17(13-2-6-15(23)7-3-13)24-21-25-22(26-28(18)21)27-19(29)10-11-20(27)30/h2-9,17-18H,10-12H2,1H3,(H,24,25,26)/t17-,18+/m0/s1. The van der Waals surface area contributed by atoms with Crippen LogP contribution in [0.1, 0.15) is 42.5 Å². The van der Waals surface area contributed by atoms with E-state index >= 15 is 0 Å². The van der Waals surface area contributed by atoms with E-state index in [9.17, 15) is 9.59 Å². The molecule has 0 saturated carbocycles. The van der Waals surface area contributed by atoms with Crippen molar-refractivity contribution in [2.75, 3.05) is 17.3 Å². The summed E-state index contributed by atoms with van der Waals surface area (Å²) in [5.74, 6) is 0.839. The van der Waals surface area contributed by atoms with Gasteiger partial charge in [-0.3, -0.25) is 9.59 Å². The highest BCUT2D eigenvalue weighted by Gasteiger charge is 2.37. The number of anilines is 2. The second-order valence-electron chi connectivity index (χ2n) is 7.58. The molecule has 0 spiro atoms. The van der Waals surface area contributed by atoms with Gasteiger partial charge in [0.1, 0.15) is 5.75 Å². The molecule has 31 heavy (non-hydrogen) atoms. The normalized spacial score (nSPS) is 20.5. The van der Waals surface area contributed by atoms with Gasteiger partial charge in [0.25, 0.3) is 5.95 Å². The van der Waals surface area contributed by atoms with Crippen molar-refractivity contribution in [1.29, 1.82) is 0 Å². The van der Waals surface area contributed by atoms with Crippen LogP contribution in [0.3, 0.4) is 0 Å².